The predicted octanol–water partition coefficient (Wildman–Crippen LogP) is 1.87. The SMILES string of the molecule is C[C@@H]1Cn2c(nc(=O)c3c2NCN(C2CCCC2)C3)S1. The molecule has 0 amide bonds. The Balaban J connectivity index is 1.69. The second kappa shape index (κ2) is 4.77. The Morgan fingerprint density at radius 3 is 2.95 bits per heavy atom. The lowest BCUT2D eigenvalue weighted by atomic mass is 10.1. The molecule has 3 heterocycles. The van der Waals surface area contributed by atoms with Crippen molar-refractivity contribution in [3.05, 3.63) is 15.9 Å². The van der Waals surface area contributed by atoms with Gasteiger partial charge < -0.3 is 9.88 Å². The van der Waals surface area contributed by atoms with Gasteiger partial charge in [0.1, 0.15) is 5.82 Å². The summed E-state index contributed by atoms with van der Waals surface area (Å²) in [5.41, 5.74) is 0.824. The van der Waals surface area contributed by atoms with Gasteiger partial charge in [0.05, 0.1) is 12.2 Å². The van der Waals surface area contributed by atoms with Crippen molar-refractivity contribution in [3.8, 4) is 0 Å². The highest BCUT2D eigenvalue weighted by molar-refractivity contribution is 7.99. The molecule has 0 aromatic carbocycles. The summed E-state index contributed by atoms with van der Waals surface area (Å²) in [6.07, 6.45) is 5.18. The molecule has 5 nitrogen and oxygen atoms in total. The zero-order valence-corrected chi connectivity index (χ0v) is 12.6. The van der Waals surface area contributed by atoms with Crippen LogP contribution in [0.5, 0.6) is 0 Å². The molecule has 1 atom stereocenters. The Hall–Kier alpha value is -1.01. The number of nitrogens with zero attached hydrogens (tertiary/aromatic N) is 3. The summed E-state index contributed by atoms with van der Waals surface area (Å²) in [7, 11) is 0. The fraction of sp³-hybridized carbons (Fsp3) is 0.714. The lowest BCUT2D eigenvalue weighted by Crippen LogP contribution is -2.43. The minimum absolute atomic E-state index is 0.0388. The summed E-state index contributed by atoms with van der Waals surface area (Å²) >= 11 is 1.70. The number of nitrogens with one attached hydrogen (secondary N) is 1. The summed E-state index contributed by atoms with van der Waals surface area (Å²) in [6, 6.07) is 0.640. The molecule has 4 rings (SSSR count). The van der Waals surface area contributed by atoms with Gasteiger partial charge in [-0.25, -0.2) is 0 Å². The number of rotatable bonds is 1. The number of anilines is 1. The van der Waals surface area contributed by atoms with Crippen LogP contribution in [-0.4, -0.2) is 32.4 Å². The molecule has 3 aliphatic rings. The molecule has 2 aliphatic heterocycles. The highest BCUT2D eigenvalue weighted by Gasteiger charge is 2.31. The highest BCUT2D eigenvalue weighted by atomic mass is 32.2. The fourth-order valence-electron chi connectivity index (χ4n) is 3.62. The van der Waals surface area contributed by atoms with Gasteiger partial charge in [0.15, 0.2) is 5.16 Å². The third-order valence-corrected chi connectivity index (χ3v) is 5.71. The maximum Gasteiger partial charge on any atom is 0.280 e. The second-order valence-corrected chi connectivity index (χ2v) is 7.49. The van der Waals surface area contributed by atoms with Crippen LogP contribution in [0.15, 0.2) is 9.95 Å². The van der Waals surface area contributed by atoms with Gasteiger partial charge in [-0.2, -0.15) is 4.98 Å². The van der Waals surface area contributed by atoms with Crippen LogP contribution < -0.4 is 10.9 Å². The number of aromatic nitrogens is 2. The summed E-state index contributed by atoms with van der Waals surface area (Å²) in [5.74, 6) is 1.02. The Labute approximate surface area is 122 Å². The first-order valence-electron chi connectivity index (χ1n) is 7.50. The fourth-order valence-corrected chi connectivity index (χ4v) is 4.63. The molecule has 0 unspecified atom stereocenters. The Morgan fingerprint density at radius 1 is 1.35 bits per heavy atom. The van der Waals surface area contributed by atoms with Crippen molar-refractivity contribution >= 4 is 17.6 Å². The van der Waals surface area contributed by atoms with Crippen LogP contribution in [0.4, 0.5) is 5.82 Å². The van der Waals surface area contributed by atoms with Crippen LogP contribution in [0, 0.1) is 0 Å². The van der Waals surface area contributed by atoms with Gasteiger partial charge in [-0.15, -0.1) is 0 Å². The molecule has 1 aromatic rings. The maximum atomic E-state index is 12.3. The molecule has 108 valence electrons. The van der Waals surface area contributed by atoms with E-state index < -0.39 is 0 Å². The van der Waals surface area contributed by atoms with E-state index in [4.69, 9.17) is 0 Å². The summed E-state index contributed by atoms with van der Waals surface area (Å²) < 4.78 is 2.19. The number of hydrogen-bond acceptors (Lipinski definition) is 5. The first kappa shape index (κ1) is 12.7. The maximum absolute atomic E-state index is 12.3. The average molecular weight is 292 g/mol. The van der Waals surface area contributed by atoms with Crippen LogP contribution in [0.25, 0.3) is 0 Å². The van der Waals surface area contributed by atoms with Crippen LogP contribution in [0.1, 0.15) is 38.2 Å². The van der Waals surface area contributed by atoms with Gasteiger partial charge in [-0.05, 0) is 12.8 Å². The van der Waals surface area contributed by atoms with Crippen molar-refractivity contribution in [2.24, 2.45) is 0 Å². The Bertz CT molecular complexity index is 594. The lowest BCUT2D eigenvalue weighted by Gasteiger charge is -2.34. The third kappa shape index (κ3) is 1.97. The topological polar surface area (TPSA) is 50.2 Å². The summed E-state index contributed by atoms with van der Waals surface area (Å²) in [6.45, 7) is 4.76. The van der Waals surface area contributed by atoms with Crippen molar-refractivity contribution in [1.82, 2.24) is 14.5 Å². The van der Waals surface area contributed by atoms with Crippen LogP contribution in [0.2, 0.25) is 0 Å². The van der Waals surface area contributed by atoms with E-state index >= 15 is 0 Å². The summed E-state index contributed by atoms with van der Waals surface area (Å²) in [4.78, 5) is 19.0. The van der Waals surface area contributed by atoms with Gasteiger partial charge in [0, 0.05) is 24.4 Å². The molecule has 1 aromatic heterocycles. The lowest BCUT2D eigenvalue weighted by molar-refractivity contribution is 0.194. The van der Waals surface area contributed by atoms with Gasteiger partial charge in [-0.1, -0.05) is 31.5 Å². The molecule has 1 fully saturated rings. The molecular weight excluding hydrogens is 272 g/mol. The second-order valence-electron chi connectivity index (χ2n) is 6.09. The smallest absolute Gasteiger partial charge is 0.280 e. The molecule has 0 saturated heterocycles. The van der Waals surface area contributed by atoms with Crippen molar-refractivity contribution in [1.29, 1.82) is 0 Å². The van der Waals surface area contributed by atoms with E-state index in [1.54, 1.807) is 11.8 Å². The number of fused-ring (bicyclic) bond motifs is 3. The molecule has 1 saturated carbocycles. The van der Waals surface area contributed by atoms with Crippen molar-refractivity contribution in [3.63, 3.8) is 0 Å². The van der Waals surface area contributed by atoms with Crippen LogP contribution in [0.3, 0.4) is 0 Å². The van der Waals surface area contributed by atoms with Crippen LogP contribution >= 0.6 is 11.8 Å². The minimum Gasteiger partial charge on any atom is -0.358 e. The third-order valence-electron chi connectivity index (χ3n) is 4.64. The molecule has 20 heavy (non-hydrogen) atoms. The van der Waals surface area contributed by atoms with E-state index in [-0.39, 0.29) is 5.56 Å². The zero-order valence-electron chi connectivity index (χ0n) is 11.8. The van der Waals surface area contributed by atoms with E-state index in [1.165, 1.54) is 25.7 Å². The molecule has 1 aliphatic carbocycles. The summed E-state index contributed by atoms with van der Waals surface area (Å²) in [5, 5.41) is 4.87. The standard InChI is InChI=1S/C14H20N4OS/c1-9-6-18-12-11(13(19)16-14(18)20-9)7-17(8-15-12)10-4-2-3-5-10/h9-10,15H,2-8H2,1H3/t9-/m1/s1. The first-order valence-corrected chi connectivity index (χ1v) is 8.38. The molecular formula is C14H20N4OS. The molecule has 0 radical (unpaired) electrons. The van der Waals surface area contributed by atoms with E-state index in [9.17, 15) is 4.79 Å². The van der Waals surface area contributed by atoms with Crippen molar-refractivity contribution < 1.29 is 0 Å². The number of hydrogen-bond donors (Lipinski definition) is 1. The van der Waals surface area contributed by atoms with E-state index in [0.29, 0.717) is 11.3 Å². The number of thioether (sulfide) groups is 1. The molecule has 1 N–H and O–H groups in total. The van der Waals surface area contributed by atoms with Crippen LogP contribution in [-0.2, 0) is 13.1 Å². The van der Waals surface area contributed by atoms with Crippen molar-refractivity contribution in [2.75, 3.05) is 12.0 Å². The first-order chi connectivity index (χ1) is 9.72. The van der Waals surface area contributed by atoms with Crippen molar-refractivity contribution in [2.45, 2.75) is 62.1 Å². The van der Waals surface area contributed by atoms with E-state index in [1.807, 2.05) is 0 Å². The largest absolute Gasteiger partial charge is 0.358 e. The zero-order chi connectivity index (χ0) is 13.7. The van der Waals surface area contributed by atoms with Gasteiger partial charge in [0.2, 0.25) is 0 Å². The predicted molar refractivity (Wildman–Crippen MR) is 80.1 cm³/mol. The molecule has 6 heteroatoms. The minimum atomic E-state index is -0.0388. The van der Waals surface area contributed by atoms with E-state index in [0.717, 1.165) is 36.3 Å². The Morgan fingerprint density at radius 2 is 2.15 bits per heavy atom. The Kier molecular flexibility index (Phi) is 3.03. The molecule has 0 bridgehead atoms. The quantitative estimate of drug-likeness (QED) is 0.801. The van der Waals surface area contributed by atoms with Gasteiger partial charge in [-0.3, -0.25) is 9.69 Å². The normalized spacial score (nSPS) is 26.4. The van der Waals surface area contributed by atoms with Gasteiger partial charge in [0.25, 0.3) is 5.56 Å². The monoisotopic (exact) mass is 292 g/mol. The molecule has 0 spiro atoms. The highest BCUT2D eigenvalue weighted by Crippen LogP contribution is 2.35. The van der Waals surface area contributed by atoms with E-state index in [2.05, 4.69) is 26.7 Å². The van der Waals surface area contributed by atoms with Gasteiger partial charge >= 0.3 is 0 Å². The average Bonchev–Trinajstić information content (AvgIpc) is 3.07.